The molecule has 0 saturated carbocycles. The molecule has 5 nitrogen and oxygen atoms in total. The molecule has 3 rings (SSSR count). The first-order chi connectivity index (χ1) is 16.6. The number of carbonyl (C=O) groups excluding carboxylic acids is 1. The van der Waals surface area contributed by atoms with Gasteiger partial charge >= 0.3 is 6.98 Å². The summed E-state index contributed by atoms with van der Waals surface area (Å²) >= 11 is 0. The van der Waals surface area contributed by atoms with Crippen LogP contribution in [0, 0.1) is 39.2 Å². The first-order valence-electron chi connectivity index (χ1n) is 9.58. The van der Waals surface area contributed by atoms with E-state index in [2.05, 4.69) is 0 Å². The zero-order chi connectivity index (χ0) is 27.4. The molecule has 0 aromatic heterocycles. The van der Waals surface area contributed by atoms with E-state index in [-0.39, 0.29) is 17.2 Å². The minimum atomic E-state index is -6.30. The summed E-state index contributed by atoms with van der Waals surface area (Å²) in [5.41, 5.74) is -2.29. The normalized spacial score (nSPS) is 12.8. The lowest BCUT2D eigenvalue weighted by molar-refractivity contribution is -0.384. The second-order valence-electron chi connectivity index (χ2n) is 7.25. The molecule has 0 aliphatic carbocycles. The average molecular weight is 539 g/mol. The van der Waals surface area contributed by atoms with Crippen molar-refractivity contribution < 1.29 is 48.8 Å². The van der Waals surface area contributed by atoms with E-state index in [1.807, 2.05) is 0 Å². The zero-order valence-electron chi connectivity index (χ0n) is 18.0. The molecular weight excluding hydrogens is 525 g/mol. The highest BCUT2D eigenvalue weighted by molar-refractivity contribution is 8.03. The van der Waals surface area contributed by atoms with Crippen molar-refractivity contribution in [1.29, 1.82) is 0 Å². The van der Waals surface area contributed by atoms with Gasteiger partial charge in [-0.05, 0) is 17.6 Å². The van der Waals surface area contributed by atoms with E-state index in [4.69, 9.17) is 0 Å². The van der Waals surface area contributed by atoms with Crippen LogP contribution in [0.15, 0.2) is 59.5 Å². The molecule has 0 N–H and O–H groups in total. The first kappa shape index (κ1) is 28.6. The highest BCUT2D eigenvalue weighted by atomic mass is 32.2. The number of nitrogens with zero attached hydrogens (tertiary/aromatic N) is 1. The van der Waals surface area contributed by atoms with E-state index in [1.165, 1.54) is 30.5 Å². The highest BCUT2D eigenvalue weighted by Gasteiger charge is 2.38. The van der Waals surface area contributed by atoms with Crippen LogP contribution < -0.4 is 5.46 Å². The summed E-state index contributed by atoms with van der Waals surface area (Å²) in [6.07, 6.45) is 1.50. The van der Waals surface area contributed by atoms with Gasteiger partial charge in [-0.15, -0.1) is 0 Å². The van der Waals surface area contributed by atoms with Crippen molar-refractivity contribution in [2.75, 3.05) is 12.0 Å². The molecule has 0 aliphatic rings. The summed E-state index contributed by atoms with van der Waals surface area (Å²) in [7, 11) is -2.57. The van der Waals surface area contributed by atoms with Gasteiger partial charge in [0.1, 0.15) is 27.8 Å². The number of hydrogen-bond acceptors (Lipinski definition) is 4. The van der Waals surface area contributed by atoms with Crippen LogP contribution in [0.4, 0.5) is 40.6 Å². The maximum absolute atomic E-state index is 12.7. The Hall–Kier alpha value is -3.62. The second-order valence-corrected chi connectivity index (χ2v) is 10.0. The molecule has 0 heterocycles. The third kappa shape index (κ3) is 6.53. The van der Waals surface area contributed by atoms with Crippen LogP contribution in [-0.4, -0.2) is 29.7 Å². The third-order valence-corrected chi connectivity index (χ3v) is 6.70. The first-order valence-corrected chi connectivity index (χ1v) is 11.7. The van der Waals surface area contributed by atoms with Crippen molar-refractivity contribution in [3.63, 3.8) is 0 Å². The minimum Gasteiger partial charge on any atom is -0.445 e. The van der Waals surface area contributed by atoms with E-state index in [1.54, 1.807) is 30.3 Å². The van der Waals surface area contributed by atoms with E-state index in [0.29, 0.717) is 10.5 Å². The van der Waals surface area contributed by atoms with Crippen LogP contribution in [0.3, 0.4) is 0 Å². The van der Waals surface area contributed by atoms with Gasteiger partial charge in [0.05, 0.1) is 4.92 Å². The van der Waals surface area contributed by atoms with Gasteiger partial charge in [0.25, 0.3) is 5.69 Å². The van der Waals surface area contributed by atoms with Crippen LogP contribution in [0.5, 0.6) is 0 Å². The quantitative estimate of drug-likeness (QED) is 0.0615. The molecule has 0 saturated heterocycles. The molecule has 0 spiro atoms. The van der Waals surface area contributed by atoms with Gasteiger partial charge in [-0.1, -0.05) is 34.5 Å². The lowest BCUT2D eigenvalue weighted by atomic mass is 9.79. The van der Waals surface area contributed by atoms with Gasteiger partial charge in [-0.2, -0.15) is 0 Å². The Kier molecular flexibility index (Phi) is 8.72. The molecular formula is C21H14BF8NO4S. The molecule has 192 valence electrons. The standard InChI is InChI=1S/C15H14NO4S.C6BF8/c1-21(20,11-15(17)12-5-3-2-4-6-12)14-9-7-13(8-10-14)16(18)19;8-2-1(7(13,14)15)3(9)5(11)6(12)4(2)10/h2-10H,11H2,1H3;/q+1;-1. The fourth-order valence-corrected chi connectivity index (χ4v) is 4.35. The summed E-state index contributed by atoms with van der Waals surface area (Å²) in [5, 5.41) is 10.6. The zero-order valence-corrected chi connectivity index (χ0v) is 18.8. The van der Waals surface area contributed by atoms with Crippen LogP contribution in [-0.2, 0) is 14.1 Å². The number of Topliss-reactive ketones (excluding diaryl/α,β-unsaturated/α-hetero) is 1. The third-order valence-electron chi connectivity index (χ3n) is 4.62. The molecule has 15 heteroatoms. The Labute approximate surface area is 199 Å². The number of halogens is 8. The van der Waals surface area contributed by atoms with E-state index < -0.39 is 56.4 Å². The number of hydrogen-bond donors (Lipinski definition) is 0. The van der Waals surface area contributed by atoms with Gasteiger partial charge < -0.3 is 12.9 Å². The van der Waals surface area contributed by atoms with Gasteiger partial charge in [0.15, 0.2) is 28.1 Å². The van der Waals surface area contributed by atoms with Gasteiger partial charge in [0, 0.05) is 17.7 Å². The van der Waals surface area contributed by atoms with Crippen molar-refractivity contribution in [2.45, 2.75) is 4.90 Å². The number of carbonyl (C=O) groups is 1. The number of benzene rings is 3. The van der Waals surface area contributed by atoms with Crippen molar-refractivity contribution in [1.82, 2.24) is 0 Å². The maximum atomic E-state index is 12.7. The lowest BCUT2D eigenvalue weighted by Gasteiger charge is -2.17. The van der Waals surface area contributed by atoms with E-state index in [9.17, 15) is 54.0 Å². The van der Waals surface area contributed by atoms with Crippen molar-refractivity contribution >= 4 is 33.8 Å². The Balaban J connectivity index is 0.000000269. The molecule has 0 fully saturated rings. The lowest BCUT2D eigenvalue weighted by Crippen LogP contribution is -2.41. The molecule has 3 aromatic rings. The largest absolute Gasteiger partial charge is 0.515 e. The summed E-state index contributed by atoms with van der Waals surface area (Å²) in [6.45, 7) is -6.30. The number of nitro benzene ring substituents is 1. The summed E-state index contributed by atoms with van der Waals surface area (Å²) < 4.78 is 110. The predicted molar refractivity (Wildman–Crippen MR) is 116 cm³/mol. The van der Waals surface area contributed by atoms with Crippen LogP contribution in [0.25, 0.3) is 0 Å². The Bertz CT molecular complexity index is 1310. The Morgan fingerprint density at radius 2 is 1.28 bits per heavy atom. The molecule has 0 aliphatic heterocycles. The summed E-state index contributed by atoms with van der Waals surface area (Å²) in [5.74, 6) is -13.9. The number of ketones is 1. The average Bonchev–Trinajstić information content (AvgIpc) is 2.81. The van der Waals surface area contributed by atoms with Gasteiger partial charge in [0.2, 0.25) is 5.78 Å². The molecule has 1 unspecified atom stereocenters. The Morgan fingerprint density at radius 1 is 0.833 bits per heavy atom. The molecule has 1 atom stereocenters. The van der Waals surface area contributed by atoms with E-state index >= 15 is 0 Å². The number of non-ortho nitro benzene ring substituents is 1. The molecule has 0 radical (unpaired) electrons. The number of nitro groups is 1. The molecule has 36 heavy (non-hydrogen) atoms. The SMILES string of the molecule is C[S+](=O)(CC(=O)c1ccccc1)c1ccc([N+](=O)[O-])cc1.Fc1c(F)c(F)c([B-](F)(F)F)c(F)c1F. The summed E-state index contributed by atoms with van der Waals surface area (Å²) in [6, 6.07) is 14.1. The minimum absolute atomic E-state index is 0.0664. The molecule has 0 bridgehead atoms. The smallest absolute Gasteiger partial charge is 0.445 e. The fraction of sp³-hybridized carbons (Fsp3) is 0.0952. The number of rotatable bonds is 6. The topological polar surface area (TPSA) is 77.3 Å². The van der Waals surface area contributed by atoms with Crippen LogP contribution >= 0.6 is 0 Å². The molecule has 3 aromatic carbocycles. The van der Waals surface area contributed by atoms with Gasteiger partial charge in [-0.25, -0.2) is 22.0 Å². The fourth-order valence-electron chi connectivity index (χ4n) is 2.81. The van der Waals surface area contributed by atoms with Crippen molar-refractivity contribution in [3.05, 3.63) is 99.4 Å². The predicted octanol–water partition coefficient (Wildman–Crippen LogP) is 5.40. The second kappa shape index (κ2) is 11.0. The van der Waals surface area contributed by atoms with Crippen LogP contribution in [0.1, 0.15) is 10.4 Å². The van der Waals surface area contributed by atoms with Crippen molar-refractivity contribution in [2.24, 2.45) is 0 Å². The molecule has 0 amide bonds. The van der Waals surface area contributed by atoms with Crippen molar-refractivity contribution in [3.8, 4) is 0 Å². The highest BCUT2D eigenvalue weighted by Crippen LogP contribution is 2.23. The summed E-state index contributed by atoms with van der Waals surface area (Å²) in [4.78, 5) is 22.7. The van der Waals surface area contributed by atoms with Gasteiger partial charge in [-0.3, -0.25) is 14.9 Å². The van der Waals surface area contributed by atoms with E-state index in [0.717, 1.165) is 0 Å². The monoisotopic (exact) mass is 539 g/mol. The maximum Gasteiger partial charge on any atom is 0.515 e. The Morgan fingerprint density at radius 3 is 1.69 bits per heavy atom. The van der Waals surface area contributed by atoms with Crippen LogP contribution in [0.2, 0.25) is 0 Å².